The summed E-state index contributed by atoms with van der Waals surface area (Å²) >= 11 is 0. The van der Waals surface area contributed by atoms with E-state index in [1.807, 2.05) is 32.2 Å². The van der Waals surface area contributed by atoms with Gasteiger partial charge in [-0.25, -0.2) is 4.39 Å². The van der Waals surface area contributed by atoms with E-state index in [1.54, 1.807) is 6.07 Å². The van der Waals surface area contributed by atoms with Crippen LogP contribution < -0.4 is 15.4 Å². The molecule has 1 aromatic heterocycles. The lowest BCUT2D eigenvalue weighted by atomic mass is 9.84. The van der Waals surface area contributed by atoms with E-state index in [2.05, 4.69) is 21.3 Å². The van der Waals surface area contributed by atoms with E-state index in [-0.39, 0.29) is 11.7 Å². The highest BCUT2D eigenvalue weighted by Crippen LogP contribution is 2.29. The summed E-state index contributed by atoms with van der Waals surface area (Å²) in [5.74, 6) is -0.746. The largest absolute Gasteiger partial charge is 0.491 e. The van der Waals surface area contributed by atoms with Gasteiger partial charge in [-0.05, 0) is 81.8 Å². The fourth-order valence-corrected chi connectivity index (χ4v) is 5.28. The molecule has 5 rings (SSSR count). The highest BCUT2D eigenvalue weighted by Gasteiger charge is 2.28. The number of fused-ring (bicyclic) bond motifs is 1. The third-order valence-electron chi connectivity index (χ3n) is 7.68. The monoisotopic (exact) mass is 509 g/mol. The average molecular weight is 510 g/mol. The molecule has 1 saturated carbocycles. The van der Waals surface area contributed by atoms with Crippen LogP contribution in [0.4, 0.5) is 10.1 Å². The van der Waals surface area contributed by atoms with Gasteiger partial charge in [-0.2, -0.15) is 0 Å². The van der Waals surface area contributed by atoms with Gasteiger partial charge in [0.1, 0.15) is 18.2 Å². The first-order valence-electron chi connectivity index (χ1n) is 13.2. The van der Waals surface area contributed by atoms with Crippen LogP contribution in [0, 0.1) is 5.82 Å². The van der Waals surface area contributed by atoms with Crippen LogP contribution in [0.3, 0.4) is 0 Å². The first kappa shape index (κ1) is 25.7. The Bertz CT molecular complexity index is 1260. The minimum atomic E-state index is -0.624. The van der Waals surface area contributed by atoms with Gasteiger partial charge in [0.15, 0.2) is 0 Å². The Balaban J connectivity index is 1.20. The number of hydrogen-bond donors (Lipinski definition) is 3. The van der Waals surface area contributed by atoms with E-state index < -0.39 is 17.3 Å². The molecule has 1 aliphatic carbocycles. The molecule has 0 bridgehead atoms. The Kier molecular flexibility index (Phi) is 7.51. The molecule has 1 saturated heterocycles. The van der Waals surface area contributed by atoms with Crippen molar-refractivity contribution in [1.29, 1.82) is 0 Å². The average Bonchev–Trinajstić information content (AvgIpc) is 3.50. The molecule has 8 heteroatoms. The maximum Gasteiger partial charge on any atom is 0.258 e. The van der Waals surface area contributed by atoms with E-state index in [0.717, 1.165) is 68.3 Å². The Morgan fingerprint density at radius 1 is 1.19 bits per heavy atom. The number of aryl methyl sites for hydroxylation is 1. The van der Waals surface area contributed by atoms with Crippen molar-refractivity contribution in [3.63, 3.8) is 0 Å². The number of carbonyl (C=O) groups is 1. The first-order valence-corrected chi connectivity index (χ1v) is 13.2. The minimum Gasteiger partial charge on any atom is -0.491 e. The number of halogens is 1. The molecule has 2 aliphatic rings. The normalized spacial score (nSPS) is 23.9. The van der Waals surface area contributed by atoms with Crippen molar-refractivity contribution in [2.45, 2.75) is 69.7 Å². The summed E-state index contributed by atoms with van der Waals surface area (Å²) in [5.41, 5.74) is 2.23. The van der Waals surface area contributed by atoms with Crippen molar-refractivity contribution >= 4 is 22.5 Å². The summed E-state index contributed by atoms with van der Waals surface area (Å²) in [7, 11) is 2.03. The Labute approximate surface area is 216 Å². The SMILES string of the molecule is Cn1c(CNC2CCC(C)(O)CC2)cc2cc(NC(=O)c3ccc(OC[C@@H]4CCCO4)cc3F)ccc21. The predicted octanol–water partition coefficient (Wildman–Crippen LogP) is 4.91. The second-order valence-electron chi connectivity index (χ2n) is 10.7. The number of benzene rings is 2. The molecule has 2 aromatic carbocycles. The molecule has 1 aliphatic heterocycles. The van der Waals surface area contributed by atoms with Gasteiger partial charge >= 0.3 is 0 Å². The van der Waals surface area contributed by atoms with Crippen LogP contribution in [0.1, 0.15) is 61.5 Å². The van der Waals surface area contributed by atoms with Crippen LogP contribution in [0.2, 0.25) is 0 Å². The van der Waals surface area contributed by atoms with Gasteiger partial charge in [0.2, 0.25) is 0 Å². The number of nitrogens with one attached hydrogen (secondary N) is 2. The van der Waals surface area contributed by atoms with Gasteiger partial charge in [0.25, 0.3) is 5.91 Å². The van der Waals surface area contributed by atoms with Gasteiger partial charge in [0, 0.05) is 54.6 Å². The molecule has 0 spiro atoms. The van der Waals surface area contributed by atoms with Crippen LogP contribution in [-0.2, 0) is 18.3 Å². The fourth-order valence-electron chi connectivity index (χ4n) is 5.28. The molecule has 2 heterocycles. The predicted molar refractivity (Wildman–Crippen MR) is 141 cm³/mol. The lowest BCUT2D eigenvalue weighted by Crippen LogP contribution is -2.39. The van der Waals surface area contributed by atoms with Crippen molar-refractivity contribution < 1.29 is 23.8 Å². The third kappa shape index (κ3) is 6.14. The highest BCUT2D eigenvalue weighted by atomic mass is 19.1. The van der Waals surface area contributed by atoms with E-state index in [4.69, 9.17) is 9.47 Å². The lowest BCUT2D eigenvalue weighted by Gasteiger charge is -2.33. The summed E-state index contributed by atoms with van der Waals surface area (Å²) in [6.45, 7) is 3.75. The molecule has 3 aromatic rings. The molecule has 0 radical (unpaired) electrons. The molecule has 198 valence electrons. The Morgan fingerprint density at radius 2 is 2.00 bits per heavy atom. The molecular formula is C29H36FN3O4. The van der Waals surface area contributed by atoms with E-state index in [0.29, 0.717) is 24.1 Å². The number of anilines is 1. The summed E-state index contributed by atoms with van der Waals surface area (Å²) in [4.78, 5) is 12.8. The smallest absolute Gasteiger partial charge is 0.258 e. The van der Waals surface area contributed by atoms with E-state index in [9.17, 15) is 14.3 Å². The van der Waals surface area contributed by atoms with Crippen LogP contribution >= 0.6 is 0 Å². The van der Waals surface area contributed by atoms with Crippen molar-refractivity contribution in [2.75, 3.05) is 18.5 Å². The van der Waals surface area contributed by atoms with Crippen molar-refractivity contribution in [2.24, 2.45) is 7.05 Å². The summed E-state index contributed by atoms with van der Waals surface area (Å²) < 4.78 is 28.0. The second kappa shape index (κ2) is 10.8. The molecule has 1 amide bonds. The summed E-state index contributed by atoms with van der Waals surface area (Å²) in [6, 6.07) is 12.5. The van der Waals surface area contributed by atoms with Crippen LogP contribution in [-0.4, -0.2) is 46.5 Å². The number of nitrogens with zero attached hydrogens (tertiary/aromatic N) is 1. The van der Waals surface area contributed by atoms with Gasteiger partial charge < -0.3 is 29.8 Å². The number of aliphatic hydroxyl groups is 1. The van der Waals surface area contributed by atoms with Gasteiger partial charge in [-0.1, -0.05) is 0 Å². The maximum absolute atomic E-state index is 14.7. The number of aromatic nitrogens is 1. The quantitative estimate of drug-likeness (QED) is 0.402. The summed E-state index contributed by atoms with van der Waals surface area (Å²) in [6.07, 6.45) is 5.55. The third-order valence-corrected chi connectivity index (χ3v) is 7.68. The zero-order valence-corrected chi connectivity index (χ0v) is 21.6. The van der Waals surface area contributed by atoms with Gasteiger partial charge in [0.05, 0.1) is 17.3 Å². The topological polar surface area (TPSA) is 84.8 Å². The van der Waals surface area contributed by atoms with Crippen LogP contribution in [0.15, 0.2) is 42.5 Å². The number of rotatable bonds is 8. The molecule has 37 heavy (non-hydrogen) atoms. The van der Waals surface area contributed by atoms with Crippen LogP contribution in [0.5, 0.6) is 5.75 Å². The molecule has 2 fully saturated rings. The molecular weight excluding hydrogens is 473 g/mol. The van der Waals surface area contributed by atoms with Crippen molar-refractivity contribution in [1.82, 2.24) is 9.88 Å². The van der Waals surface area contributed by atoms with Crippen LogP contribution in [0.25, 0.3) is 10.9 Å². The van der Waals surface area contributed by atoms with Gasteiger partial charge in [-0.3, -0.25) is 4.79 Å². The molecule has 1 atom stereocenters. The molecule has 3 N–H and O–H groups in total. The molecule has 0 unspecified atom stereocenters. The first-order chi connectivity index (χ1) is 17.8. The zero-order valence-electron chi connectivity index (χ0n) is 21.6. The van der Waals surface area contributed by atoms with Crippen molar-refractivity contribution in [3.05, 3.63) is 59.5 Å². The van der Waals surface area contributed by atoms with Crippen molar-refractivity contribution in [3.8, 4) is 5.75 Å². The maximum atomic E-state index is 14.7. The number of ether oxygens (including phenoxy) is 2. The van der Waals surface area contributed by atoms with Gasteiger partial charge in [-0.15, -0.1) is 0 Å². The Morgan fingerprint density at radius 3 is 2.73 bits per heavy atom. The molecule has 7 nitrogen and oxygen atoms in total. The lowest BCUT2D eigenvalue weighted by molar-refractivity contribution is 0.0139. The number of carbonyl (C=O) groups excluding carboxylic acids is 1. The standard InChI is InChI=1S/C29H36FN3O4/c1-29(35)11-9-20(10-12-29)31-17-22-15-19-14-21(5-8-27(19)33(22)2)32-28(34)25-7-6-23(16-26(25)30)37-18-24-4-3-13-36-24/h5-8,14-16,20,24,31,35H,3-4,9-13,17-18H2,1-2H3,(H,32,34)/t20?,24-,29?/m0/s1. The number of amides is 1. The van der Waals surface area contributed by atoms with E-state index >= 15 is 0 Å². The highest BCUT2D eigenvalue weighted by molar-refractivity contribution is 6.05. The minimum absolute atomic E-state index is 0.0334. The van der Waals surface area contributed by atoms with E-state index in [1.165, 1.54) is 12.1 Å². The number of hydrogen-bond acceptors (Lipinski definition) is 5. The second-order valence-corrected chi connectivity index (χ2v) is 10.7. The summed E-state index contributed by atoms with van der Waals surface area (Å²) in [5, 5.41) is 17.6. The Hall–Kier alpha value is -2.94. The zero-order chi connectivity index (χ0) is 26.0. The fraction of sp³-hybridized carbons (Fsp3) is 0.483.